The molecule has 1 aliphatic carbocycles. The summed E-state index contributed by atoms with van der Waals surface area (Å²) in [5.41, 5.74) is 0.787. The maximum Gasteiger partial charge on any atom is 0.336 e. The number of nitrogens with zero attached hydrogens (tertiary/aromatic N) is 3. The largest absolute Gasteiger partial charge is 0.497 e. The van der Waals surface area contributed by atoms with Crippen LogP contribution >= 0.6 is 0 Å². The highest BCUT2D eigenvalue weighted by atomic mass is 16.5. The molecule has 6 heteroatoms. The molecule has 1 aromatic carbocycles. The lowest BCUT2D eigenvalue weighted by Crippen LogP contribution is -2.25. The summed E-state index contributed by atoms with van der Waals surface area (Å²) in [6.07, 6.45) is 5.15. The number of benzene rings is 1. The molecule has 1 fully saturated rings. The molecule has 25 heavy (non-hydrogen) atoms. The number of rotatable bonds is 5. The molecule has 1 aliphatic rings. The Morgan fingerprint density at radius 1 is 1.24 bits per heavy atom. The third kappa shape index (κ3) is 4.00. The molecule has 0 amide bonds. The molecular formula is C19H25N3O3. The monoisotopic (exact) mass is 343 g/mol. The molecule has 0 unspecified atom stereocenters. The van der Waals surface area contributed by atoms with E-state index in [2.05, 4.69) is 10.1 Å². The number of aromatic nitrogens is 3. The van der Waals surface area contributed by atoms with E-state index >= 15 is 0 Å². The van der Waals surface area contributed by atoms with Crippen LogP contribution in [0.1, 0.15) is 50.7 Å². The van der Waals surface area contributed by atoms with Crippen LogP contribution in [-0.4, -0.2) is 33.9 Å². The van der Waals surface area contributed by atoms with Gasteiger partial charge in [-0.05, 0) is 38.8 Å². The predicted octanol–water partition coefficient (Wildman–Crippen LogP) is 3.96. The van der Waals surface area contributed by atoms with E-state index in [9.17, 15) is 4.79 Å². The summed E-state index contributed by atoms with van der Waals surface area (Å²) in [5.74, 6) is 1.23. The van der Waals surface area contributed by atoms with E-state index < -0.39 is 0 Å². The minimum absolute atomic E-state index is 0.00336. The second-order valence-corrected chi connectivity index (χ2v) is 6.70. The molecule has 0 aliphatic heterocycles. The first-order chi connectivity index (χ1) is 12.1. The molecule has 3 rings (SSSR count). The van der Waals surface area contributed by atoms with Gasteiger partial charge in [0.25, 0.3) is 5.91 Å². The maximum absolute atomic E-state index is 13.0. The average molecular weight is 343 g/mol. The van der Waals surface area contributed by atoms with Crippen molar-refractivity contribution in [1.29, 1.82) is 0 Å². The van der Waals surface area contributed by atoms with Gasteiger partial charge in [-0.3, -0.25) is 4.79 Å². The number of hydrogen-bond donors (Lipinski definition) is 0. The fourth-order valence-electron chi connectivity index (χ4n) is 3.18. The summed E-state index contributed by atoms with van der Waals surface area (Å²) in [5, 5.41) is 4.35. The number of ether oxygens (including phenoxy) is 2. The topological polar surface area (TPSA) is 66.2 Å². The molecule has 134 valence electrons. The lowest BCUT2D eigenvalue weighted by molar-refractivity contribution is 0.0783. The Morgan fingerprint density at radius 2 is 2.00 bits per heavy atom. The Hall–Kier alpha value is -2.37. The normalized spacial score (nSPS) is 15.4. The molecule has 2 aromatic rings. The van der Waals surface area contributed by atoms with Gasteiger partial charge in [0.15, 0.2) is 5.82 Å². The second-order valence-electron chi connectivity index (χ2n) is 6.70. The van der Waals surface area contributed by atoms with E-state index in [0.29, 0.717) is 11.6 Å². The van der Waals surface area contributed by atoms with Crippen molar-refractivity contribution in [2.24, 2.45) is 5.92 Å². The van der Waals surface area contributed by atoms with Gasteiger partial charge in [-0.1, -0.05) is 31.4 Å². The van der Waals surface area contributed by atoms with Crippen LogP contribution in [0.4, 0.5) is 0 Å². The first kappa shape index (κ1) is 17.5. The zero-order valence-electron chi connectivity index (χ0n) is 15.1. The van der Waals surface area contributed by atoms with Crippen molar-refractivity contribution in [3.8, 4) is 23.1 Å². The van der Waals surface area contributed by atoms with Crippen molar-refractivity contribution in [1.82, 2.24) is 14.8 Å². The van der Waals surface area contributed by atoms with Crippen LogP contribution in [0.25, 0.3) is 11.4 Å². The van der Waals surface area contributed by atoms with Crippen LogP contribution in [-0.2, 0) is 0 Å². The second kappa shape index (κ2) is 7.68. The van der Waals surface area contributed by atoms with E-state index in [0.717, 1.165) is 31.2 Å². The van der Waals surface area contributed by atoms with Crippen molar-refractivity contribution in [2.75, 3.05) is 7.11 Å². The van der Waals surface area contributed by atoms with Crippen LogP contribution < -0.4 is 9.47 Å². The highest BCUT2D eigenvalue weighted by Crippen LogP contribution is 2.29. The molecule has 1 heterocycles. The Balaban J connectivity index is 1.99. The Labute approximate surface area is 148 Å². The van der Waals surface area contributed by atoms with E-state index in [-0.39, 0.29) is 23.9 Å². The predicted molar refractivity (Wildman–Crippen MR) is 95.0 cm³/mol. The fraction of sp³-hybridized carbons (Fsp3) is 0.526. The van der Waals surface area contributed by atoms with Crippen LogP contribution in [0, 0.1) is 5.92 Å². The van der Waals surface area contributed by atoms with Gasteiger partial charge < -0.3 is 9.47 Å². The summed E-state index contributed by atoms with van der Waals surface area (Å²) in [6, 6.07) is 7.72. The molecule has 1 saturated carbocycles. The van der Waals surface area contributed by atoms with Crippen molar-refractivity contribution in [3.63, 3.8) is 0 Å². The molecule has 0 N–H and O–H groups in total. The van der Waals surface area contributed by atoms with Crippen LogP contribution in [0.3, 0.4) is 0 Å². The highest BCUT2D eigenvalue weighted by Gasteiger charge is 2.27. The molecule has 0 bridgehead atoms. The van der Waals surface area contributed by atoms with E-state index in [1.807, 2.05) is 38.1 Å². The lowest BCUT2D eigenvalue weighted by atomic mass is 9.88. The zero-order valence-corrected chi connectivity index (χ0v) is 15.1. The first-order valence-corrected chi connectivity index (χ1v) is 8.91. The van der Waals surface area contributed by atoms with Gasteiger partial charge in [0.1, 0.15) is 5.75 Å². The third-order valence-electron chi connectivity index (χ3n) is 4.42. The summed E-state index contributed by atoms with van der Waals surface area (Å²) in [7, 11) is 1.62. The standard InChI is InChI=1S/C19H25N3O3/c1-13(2)25-19-20-17(15-10-7-11-16(12-15)24-3)22(21-19)18(23)14-8-5-4-6-9-14/h7,10-14H,4-6,8-9H2,1-3H3. The van der Waals surface area contributed by atoms with Crippen molar-refractivity contribution >= 4 is 5.91 Å². The van der Waals surface area contributed by atoms with Gasteiger partial charge in [0.05, 0.1) is 13.2 Å². The Morgan fingerprint density at radius 3 is 2.68 bits per heavy atom. The Kier molecular flexibility index (Phi) is 5.36. The first-order valence-electron chi connectivity index (χ1n) is 8.91. The molecule has 1 aromatic heterocycles. The SMILES string of the molecule is COc1cccc(-c2nc(OC(C)C)nn2C(=O)C2CCCCC2)c1. The number of methoxy groups -OCH3 is 1. The Bertz CT molecular complexity index is 733. The smallest absolute Gasteiger partial charge is 0.336 e. The van der Waals surface area contributed by atoms with Gasteiger partial charge >= 0.3 is 6.01 Å². The van der Waals surface area contributed by atoms with Crippen molar-refractivity contribution in [3.05, 3.63) is 24.3 Å². The van der Waals surface area contributed by atoms with Crippen molar-refractivity contribution < 1.29 is 14.3 Å². The molecular weight excluding hydrogens is 318 g/mol. The molecule has 0 saturated heterocycles. The van der Waals surface area contributed by atoms with Gasteiger partial charge in [-0.25, -0.2) is 0 Å². The van der Waals surface area contributed by atoms with E-state index in [1.165, 1.54) is 11.1 Å². The van der Waals surface area contributed by atoms with Gasteiger partial charge in [-0.2, -0.15) is 9.67 Å². The van der Waals surface area contributed by atoms with Gasteiger partial charge in [0, 0.05) is 11.5 Å². The summed E-state index contributed by atoms with van der Waals surface area (Å²) in [6.45, 7) is 3.82. The molecule has 0 atom stereocenters. The lowest BCUT2D eigenvalue weighted by Gasteiger charge is -2.20. The zero-order chi connectivity index (χ0) is 17.8. The maximum atomic E-state index is 13.0. The number of hydrogen-bond acceptors (Lipinski definition) is 5. The third-order valence-corrected chi connectivity index (χ3v) is 4.42. The molecule has 0 radical (unpaired) electrons. The molecule has 6 nitrogen and oxygen atoms in total. The van der Waals surface area contributed by atoms with Gasteiger partial charge in [-0.15, -0.1) is 5.10 Å². The number of carbonyl (C=O) groups is 1. The fourth-order valence-corrected chi connectivity index (χ4v) is 3.18. The van der Waals surface area contributed by atoms with Gasteiger partial charge in [0.2, 0.25) is 0 Å². The number of carbonyl (C=O) groups excluding carboxylic acids is 1. The van der Waals surface area contributed by atoms with E-state index in [1.54, 1.807) is 7.11 Å². The quantitative estimate of drug-likeness (QED) is 0.822. The van der Waals surface area contributed by atoms with Crippen molar-refractivity contribution in [2.45, 2.75) is 52.1 Å². The minimum Gasteiger partial charge on any atom is -0.497 e. The van der Waals surface area contributed by atoms with Crippen LogP contribution in [0.15, 0.2) is 24.3 Å². The molecule has 0 spiro atoms. The van der Waals surface area contributed by atoms with Crippen LogP contribution in [0.2, 0.25) is 0 Å². The van der Waals surface area contributed by atoms with Crippen LogP contribution in [0.5, 0.6) is 11.8 Å². The average Bonchev–Trinajstić information content (AvgIpc) is 3.05. The summed E-state index contributed by atoms with van der Waals surface area (Å²) < 4.78 is 12.3. The minimum atomic E-state index is -0.0567. The summed E-state index contributed by atoms with van der Waals surface area (Å²) in [4.78, 5) is 17.5. The summed E-state index contributed by atoms with van der Waals surface area (Å²) >= 11 is 0. The highest BCUT2D eigenvalue weighted by molar-refractivity contribution is 5.84. The van der Waals surface area contributed by atoms with E-state index in [4.69, 9.17) is 9.47 Å².